The first-order valence-corrected chi connectivity index (χ1v) is 11.2. The van der Waals surface area contributed by atoms with Gasteiger partial charge in [-0.15, -0.1) is 0 Å². The monoisotopic (exact) mass is 417 g/mol. The summed E-state index contributed by atoms with van der Waals surface area (Å²) in [6.45, 7) is 0. The van der Waals surface area contributed by atoms with Crippen molar-refractivity contribution in [1.29, 1.82) is 0 Å². The number of para-hydroxylation sites is 1. The molecule has 1 aromatic heterocycles. The summed E-state index contributed by atoms with van der Waals surface area (Å²) in [5, 5.41) is 4.96. The van der Waals surface area contributed by atoms with Crippen LogP contribution in [0.1, 0.15) is 42.5 Å². The first-order chi connectivity index (χ1) is 15.0. The van der Waals surface area contributed by atoms with Gasteiger partial charge in [-0.3, -0.25) is 15.0 Å². The predicted octanol–water partition coefficient (Wildman–Crippen LogP) is 4.08. The maximum Gasteiger partial charge on any atom is 0.323 e. The van der Waals surface area contributed by atoms with Crippen LogP contribution in [-0.2, 0) is 27.0 Å². The lowest BCUT2D eigenvalue weighted by atomic mass is 9.65. The summed E-state index contributed by atoms with van der Waals surface area (Å²) in [4.78, 5) is 18.7. The van der Waals surface area contributed by atoms with Gasteiger partial charge in [0.05, 0.1) is 12.6 Å². The summed E-state index contributed by atoms with van der Waals surface area (Å²) in [5.74, 6) is -0.178. The fourth-order valence-corrected chi connectivity index (χ4v) is 5.99. The van der Waals surface area contributed by atoms with Gasteiger partial charge in [0.25, 0.3) is 0 Å². The van der Waals surface area contributed by atoms with Crippen molar-refractivity contribution in [2.75, 3.05) is 21.2 Å². The number of H-pyrrole nitrogens is 1. The minimum Gasteiger partial charge on any atom is -0.468 e. The van der Waals surface area contributed by atoms with Crippen molar-refractivity contribution >= 4 is 16.9 Å². The van der Waals surface area contributed by atoms with E-state index in [9.17, 15) is 4.79 Å². The van der Waals surface area contributed by atoms with Crippen LogP contribution in [-0.4, -0.2) is 43.1 Å². The Hall–Kier alpha value is -2.63. The van der Waals surface area contributed by atoms with Crippen LogP contribution in [0.25, 0.3) is 10.9 Å². The smallest absolute Gasteiger partial charge is 0.323 e. The zero-order valence-corrected chi connectivity index (χ0v) is 18.6. The Labute approximate surface area is 183 Å². The number of methoxy groups -OCH3 is 1. The van der Waals surface area contributed by atoms with Crippen LogP contribution in [0.3, 0.4) is 0 Å². The van der Waals surface area contributed by atoms with E-state index in [4.69, 9.17) is 4.74 Å². The molecule has 1 aliphatic heterocycles. The SMILES string of the molecule is COC(=O)C1Cc2c([nH]c3ccccc23)C2(CCC(c3ccccc3)(N(C)C)CC2)N1. The largest absolute Gasteiger partial charge is 0.468 e. The van der Waals surface area contributed by atoms with Gasteiger partial charge in [-0.1, -0.05) is 48.5 Å². The number of carbonyl (C=O) groups excluding carboxylic acids is 1. The van der Waals surface area contributed by atoms with E-state index in [-0.39, 0.29) is 23.1 Å². The van der Waals surface area contributed by atoms with Gasteiger partial charge in [0.2, 0.25) is 0 Å². The van der Waals surface area contributed by atoms with Crippen LogP contribution in [0.15, 0.2) is 54.6 Å². The molecule has 2 heterocycles. The van der Waals surface area contributed by atoms with Crippen LogP contribution in [0.4, 0.5) is 0 Å². The normalized spacial score (nSPS) is 28.1. The summed E-state index contributed by atoms with van der Waals surface area (Å²) < 4.78 is 5.16. The number of hydrogen-bond acceptors (Lipinski definition) is 4. The Morgan fingerprint density at radius 2 is 1.68 bits per heavy atom. The predicted molar refractivity (Wildman–Crippen MR) is 123 cm³/mol. The lowest BCUT2D eigenvalue weighted by Gasteiger charge is -2.52. The number of aromatic nitrogens is 1. The highest BCUT2D eigenvalue weighted by Gasteiger charge is 2.50. The Bertz CT molecular complexity index is 1090. The number of hydrogen-bond donors (Lipinski definition) is 2. The molecular formula is C26H31N3O2. The van der Waals surface area contributed by atoms with Crippen molar-refractivity contribution in [2.45, 2.75) is 49.2 Å². The number of aromatic amines is 1. The molecule has 5 rings (SSSR count). The molecule has 0 saturated heterocycles. The van der Waals surface area contributed by atoms with E-state index in [0.29, 0.717) is 6.42 Å². The van der Waals surface area contributed by atoms with Gasteiger partial charge in [-0.25, -0.2) is 0 Å². The van der Waals surface area contributed by atoms with Crippen LogP contribution >= 0.6 is 0 Å². The Morgan fingerprint density at radius 1 is 1.00 bits per heavy atom. The molecule has 1 atom stereocenters. The second kappa shape index (κ2) is 7.50. The standard InChI is InChI=1S/C26H31N3O2/c1-29(2)26(18-9-5-4-6-10-18)15-13-25(14-16-26)23-20(17-22(28-25)24(30)31-3)19-11-7-8-12-21(19)27-23/h4-12,22,27-28H,13-17H2,1-3H3. The van der Waals surface area contributed by atoms with E-state index >= 15 is 0 Å². The number of rotatable bonds is 3. The number of esters is 1. The molecule has 2 aliphatic rings. The highest BCUT2D eigenvalue weighted by atomic mass is 16.5. The molecule has 2 N–H and O–H groups in total. The van der Waals surface area contributed by atoms with Gasteiger partial charge < -0.3 is 9.72 Å². The van der Waals surface area contributed by atoms with Gasteiger partial charge >= 0.3 is 5.97 Å². The molecule has 0 amide bonds. The molecule has 5 nitrogen and oxygen atoms in total. The zero-order chi connectivity index (χ0) is 21.6. The number of carbonyl (C=O) groups is 1. The maximum absolute atomic E-state index is 12.6. The molecule has 0 radical (unpaired) electrons. The van der Waals surface area contributed by atoms with Crippen LogP contribution < -0.4 is 5.32 Å². The molecule has 5 heteroatoms. The van der Waals surface area contributed by atoms with Gasteiger partial charge in [-0.05, 0) is 57.0 Å². The molecule has 162 valence electrons. The first-order valence-electron chi connectivity index (χ1n) is 11.2. The maximum atomic E-state index is 12.6. The highest BCUT2D eigenvalue weighted by Crippen LogP contribution is 2.51. The lowest BCUT2D eigenvalue weighted by Crippen LogP contribution is -2.60. The van der Waals surface area contributed by atoms with Crippen molar-refractivity contribution in [3.05, 3.63) is 71.4 Å². The van der Waals surface area contributed by atoms with Gasteiger partial charge in [0, 0.05) is 28.6 Å². The fourth-order valence-electron chi connectivity index (χ4n) is 5.99. The summed E-state index contributed by atoms with van der Waals surface area (Å²) >= 11 is 0. The fraction of sp³-hybridized carbons (Fsp3) is 0.423. The minimum absolute atomic E-state index is 0.00141. The van der Waals surface area contributed by atoms with Crippen molar-refractivity contribution in [1.82, 2.24) is 15.2 Å². The summed E-state index contributed by atoms with van der Waals surface area (Å²) in [6.07, 6.45) is 4.59. The summed E-state index contributed by atoms with van der Waals surface area (Å²) in [5.41, 5.74) is 4.79. The summed E-state index contributed by atoms with van der Waals surface area (Å²) in [7, 11) is 5.85. The third-order valence-electron chi connectivity index (χ3n) is 7.73. The van der Waals surface area contributed by atoms with Crippen LogP contribution in [0.5, 0.6) is 0 Å². The topological polar surface area (TPSA) is 57.4 Å². The average molecular weight is 418 g/mol. The van der Waals surface area contributed by atoms with Gasteiger partial charge in [-0.2, -0.15) is 0 Å². The van der Waals surface area contributed by atoms with E-state index in [2.05, 4.69) is 83.9 Å². The van der Waals surface area contributed by atoms with Crippen molar-refractivity contribution in [3.8, 4) is 0 Å². The third kappa shape index (κ3) is 3.10. The first kappa shape index (κ1) is 20.3. The number of fused-ring (bicyclic) bond motifs is 4. The van der Waals surface area contributed by atoms with Crippen molar-refractivity contribution in [3.63, 3.8) is 0 Å². The van der Waals surface area contributed by atoms with E-state index in [1.54, 1.807) is 0 Å². The van der Waals surface area contributed by atoms with E-state index in [1.165, 1.54) is 29.3 Å². The zero-order valence-electron chi connectivity index (χ0n) is 18.6. The Kier molecular flexibility index (Phi) is 4.91. The molecule has 0 bridgehead atoms. The van der Waals surface area contributed by atoms with Crippen LogP contribution in [0, 0.1) is 0 Å². The second-order valence-electron chi connectivity index (χ2n) is 9.32. The highest BCUT2D eigenvalue weighted by molar-refractivity contribution is 5.87. The lowest BCUT2D eigenvalue weighted by molar-refractivity contribution is -0.144. The Balaban J connectivity index is 1.57. The third-order valence-corrected chi connectivity index (χ3v) is 7.73. The molecule has 3 aromatic rings. The van der Waals surface area contributed by atoms with E-state index < -0.39 is 0 Å². The number of ether oxygens (including phenoxy) is 1. The quantitative estimate of drug-likeness (QED) is 0.631. The summed E-state index contributed by atoms with van der Waals surface area (Å²) in [6, 6.07) is 19.0. The average Bonchev–Trinajstić information content (AvgIpc) is 3.19. The molecule has 31 heavy (non-hydrogen) atoms. The van der Waals surface area contributed by atoms with Crippen molar-refractivity contribution in [2.24, 2.45) is 0 Å². The van der Waals surface area contributed by atoms with E-state index in [1.807, 2.05) is 0 Å². The minimum atomic E-state index is -0.319. The number of benzene rings is 2. The van der Waals surface area contributed by atoms with Crippen molar-refractivity contribution < 1.29 is 9.53 Å². The second-order valence-corrected chi connectivity index (χ2v) is 9.32. The Morgan fingerprint density at radius 3 is 2.35 bits per heavy atom. The molecule has 1 aliphatic carbocycles. The molecule has 1 spiro atoms. The van der Waals surface area contributed by atoms with Gasteiger partial charge in [0.1, 0.15) is 6.04 Å². The van der Waals surface area contributed by atoms with E-state index in [0.717, 1.165) is 31.2 Å². The van der Waals surface area contributed by atoms with Gasteiger partial charge in [0.15, 0.2) is 0 Å². The molecule has 1 saturated carbocycles. The molecule has 1 fully saturated rings. The number of nitrogens with zero attached hydrogens (tertiary/aromatic N) is 1. The molecule has 1 unspecified atom stereocenters. The number of nitrogens with one attached hydrogen (secondary N) is 2. The molecular weight excluding hydrogens is 386 g/mol. The molecule has 2 aromatic carbocycles. The van der Waals surface area contributed by atoms with Crippen LogP contribution in [0.2, 0.25) is 0 Å².